The Morgan fingerprint density at radius 3 is 2.31 bits per heavy atom. The van der Waals surface area contributed by atoms with Gasteiger partial charge in [0.25, 0.3) is 5.91 Å². The number of carbonyl (C=O) groups is 2. The first-order chi connectivity index (χ1) is 15.2. The monoisotopic (exact) mass is 460 g/mol. The number of aromatic hydroxyl groups is 1. The summed E-state index contributed by atoms with van der Waals surface area (Å²) < 4.78 is 32.8. The molecule has 0 aromatic heterocycles. The molecule has 8 nitrogen and oxygen atoms in total. The van der Waals surface area contributed by atoms with Crippen molar-refractivity contribution in [3.63, 3.8) is 0 Å². The topological polar surface area (TPSA) is 113 Å². The van der Waals surface area contributed by atoms with Gasteiger partial charge in [0.15, 0.2) is 6.61 Å². The predicted molar refractivity (Wildman–Crippen MR) is 120 cm³/mol. The lowest BCUT2D eigenvalue weighted by molar-refractivity contribution is -0.119. The first-order valence-electron chi connectivity index (χ1n) is 10.6. The summed E-state index contributed by atoms with van der Waals surface area (Å²) in [6.07, 6.45) is 3.70. The Bertz CT molecular complexity index is 1110. The van der Waals surface area contributed by atoms with Crippen molar-refractivity contribution in [2.45, 2.75) is 44.4 Å². The summed E-state index contributed by atoms with van der Waals surface area (Å²) in [5.74, 6) is -1.39. The molecule has 0 spiro atoms. The number of hydrogen-bond acceptors (Lipinski definition) is 6. The van der Waals surface area contributed by atoms with E-state index in [9.17, 15) is 23.1 Å². The molecule has 32 heavy (non-hydrogen) atoms. The smallest absolute Gasteiger partial charge is 0.338 e. The molecule has 0 aliphatic carbocycles. The maximum atomic E-state index is 13.1. The average Bonchev–Trinajstić information content (AvgIpc) is 3.05. The first kappa shape index (κ1) is 23.7. The quantitative estimate of drug-likeness (QED) is 0.639. The lowest BCUT2D eigenvalue weighted by Gasteiger charge is -2.21. The Morgan fingerprint density at radius 2 is 1.66 bits per heavy atom. The van der Waals surface area contributed by atoms with Crippen molar-refractivity contribution >= 4 is 27.6 Å². The summed E-state index contributed by atoms with van der Waals surface area (Å²) in [7, 11) is -3.67. The van der Waals surface area contributed by atoms with E-state index in [0.717, 1.165) is 25.7 Å². The number of carbonyl (C=O) groups excluding carboxylic acids is 2. The molecule has 9 heteroatoms. The fourth-order valence-electron chi connectivity index (χ4n) is 3.52. The minimum Gasteiger partial charge on any atom is -0.508 e. The molecule has 1 heterocycles. The summed E-state index contributed by atoms with van der Waals surface area (Å²) in [5.41, 5.74) is 1.64. The van der Waals surface area contributed by atoms with E-state index in [1.165, 1.54) is 22.5 Å². The van der Waals surface area contributed by atoms with Crippen LogP contribution in [0.15, 0.2) is 41.3 Å². The van der Waals surface area contributed by atoms with Gasteiger partial charge in [-0.2, -0.15) is 4.31 Å². The number of sulfonamides is 1. The molecule has 2 aromatic rings. The zero-order chi connectivity index (χ0) is 23.3. The molecule has 1 amide bonds. The van der Waals surface area contributed by atoms with Crippen molar-refractivity contribution in [3.8, 4) is 5.75 Å². The van der Waals surface area contributed by atoms with Crippen LogP contribution in [0.1, 0.15) is 47.2 Å². The molecule has 0 bridgehead atoms. The third-order valence-corrected chi connectivity index (χ3v) is 7.47. The molecular formula is C23H28N2O6S. The number of amides is 1. The second-order valence-corrected chi connectivity index (χ2v) is 9.83. The molecule has 1 fully saturated rings. The fraction of sp³-hybridized carbons (Fsp3) is 0.391. The van der Waals surface area contributed by atoms with Crippen molar-refractivity contribution in [2.75, 3.05) is 25.0 Å². The van der Waals surface area contributed by atoms with Crippen molar-refractivity contribution < 1.29 is 27.9 Å². The van der Waals surface area contributed by atoms with Crippen LogP contribution < -0.4 is 5.32 Å². The number of nitrogens with zero attached hydrogens (tertiary/aromatic N) is 1. The predicted octanol–water partition coefficient (Wildman–Crippen LogP) is 3.37. The molecule has 2 N–H and O–H groups in total. The second-order valence-electron chi connectivity index (χ2n) is 7.92. The Hall–Kier alpha value is -2.91. The lowest BCUT2D eigenvalue weighted by Crippen LogP contribution is -2.32. The summed E-state index contributed by atoms with van der Waals surface area (Å²) in [4.78, 5) is 24.5. The van der Waals surface area contributed by atoms with Gasteiger partial charge in [-0.1, -0.05) is 25.0 Å². The largest absolute Gasteiger partial charge is 0.508 e. The SMILES string of the molecule is Cc1ccc(C(=O)OCC(=O)Nc2ccc(C)c(S(=O)(=O)N3CCCCCC3)c2)cc1O. The lowest BCUT2D eigenvalue weighted by atomic mass is 10.1. The van der Waals surface area contributed by atoms with Crippen LogP contribution in [-0.2, 0) is 19.6 Å². The average molecular weight is 461 g/mol. The molecular weight excluding hydrogens is 432 g/mol. The number of rotatable bonds is 6. The number of phenols is 1. The number of phenolic OH excluding ortho intramolecular Hbond substituents is 1. The summed E-state index contributed by atoms with van der Waals surface area (Å²) in [6.45, 7) is 3.84. The molecule has 0 radical (unpaired) electrons. The normalized spacial score (nSPS) is 15.1. The van der Waals surface area contributed by atoms with Gasteiger partial charge in [-0.15, -0.1) is 0 Å². The molecule has 0 atom stereocenters. The van der Waals surface area contributed by atoms with Gasteiger partial charge in [-0.25, -0.2) is 13.2 Å². The minimum absolute atomic E-state index is 0.0401. The Morgan fingerprint density at radius 1 is 1.00 bits per heavy atom. The number of benzene rings is 2. The van der Waals surface area contributed by atoms with Gasteiger partial charge in [-0.05, 0) is 62.1 Å². The van der Waals surface area contributed by atoms with Gasteiger partial charge >= 0.3 is 5.97 Å². The van der Waals surface area contributed by atoms with Crippen LogP contribution in [0.3, 0.4) is 0 Å². The van der Waals surface area contributed by atoms with Crippen molar-refractivity contribution in [1.29, 1.82) is 0 Å². The molecule has 1 aliphatic heterocycles. The Kier molecular flexibility index (Phi) is 7.52. The van der Waals surface area contributed by atoms with Gasteiger partial charge in [-0.3, -0.25) is 4.79 Å². The van der Waals surface area contributed by atoms with Crippen LogP contribution >= 0.6 is 0 Å². The highest BCUT2D eigenvalue weighted by Gasteiger charge is 2.27. The summed E-state index contributed by atoms with van der Waals surface area (Å²) in [6, 6.07) is 9.03. The highest BCUT2D eigenvalue weighted by Crippen LogP contribution is 2.26. The Balaban J connectivity index is 1.66. The van der Waals surface area contributed by atoms with E-state index in [-0.39, 0.29) is 16.2 Å². The zero-order valence-corrected chi connectivity index (χ0v) is 19.1. The molecule has 0 saturated carbocycles. The number of nitrogens with one attached hydrogen (secondary N) is 1. The van der Waals surface area contributed by atoms with Crippen LogP contribution in [0, 0.1) is 13.8 Å². The fourth-order valence-corrected chi connectivity index (χ4v) is 5.29. The molecule has 2 aromatic carbocycles. The van der Waals surface area contributed by atoms with Crippen LogP contribution in [0.4, 0.5) is 5.69 Å². The standard InChI is InChI=1S/C23H28N2O6S/c1-16-7-9-18(13-20(16)26)23(28)31-15-22(27)24-19-10-8-17(2)21(14-19)32(29,30)25-11-5-3-4-6-12-25/h7-10,13-14,26H,3-6,11-12,15H2,1-2H3,(H,24,27). The van der Waals surface area contributed by atoms with Crippen molar-refractivity contribution in [1.82, 2.24) is 4.31 Å². The Labute approximate surface area is 188 Å². The van der Waals surface area contributed by atoms with E-state index in [4.69, 9.17) is 4.74 Å². The van der Waals surface area contributed by atoms with Gasteiger partial charge < -0.3 is 15.2 Å². The van der Waals surface area contributed by atoms with Crippen LogP contribution in [0.2, 0.25) is 0 Å². The van der Waals surface area contributed by atoms with Gasteiger partial charge in [0.1, 0.15) is 5.75 Å². The third kappa shape index (κ3) is 5.66. The van der Waals surface area contributed by atoms with Crippen LogP contribution in [0.25, 0.3) is 0 Å². The molecule has 3 rings (SSSR count). The van der Waals surface area contributed by atoms with Crippen LogP contribution in [-0.4, -0.2) is 49.4 Å². The van der Waals surface area contributed by atoms with E-state index in [1.807, 2.05) is 0 Å². The number of anilines is 1. The number of aryl methyl sites for hydroxylation is 2. The van der Waals surface area contributed by atoms with E-state index < -0.39 is 28.5 Å². The van der Waals surface area contributed by atoms with Crippen molar-refractivity contribution in [3.05, 3.63) is 53.1 Å². The molecule has 1 saturated heterocycles. The minimum atomic E-state index is -3.67. The van der Waals surface area contributed by atoms with E-state index in [1.54, 1.807) is 32.0 Å². The zero-order valence-electron chi connectivity index (χ0n) is 18.3. The van der Waals surface area contributed by atoms with E-state index in [2.05, 4.69) is 5.32 Å². The first-order valence-corrected chi connectivity index (χ1v) is 12.0. The maximum absolute atomic E-state index is 13.1. The second kappa shape index (κ2) is 10.1. The third-order valence-electron chi connectivity index (χ3n) is 5.43. The summed E-state index contributed by atoms with van der Waals surface area (Å²) in [5, 5.41) is 12.3. The summed E-state index contributed by atoms with van der Waals surface area (Å²) >= 11 is 0. The van der Waals surface area contributed by atoms with Gasteiger partial charge in [0.2, 0.25) is 10.0 Å². The number of esters is 1. The highest BCUT2D eigenvalue weighted by molar-refractivity contribution is 7.89. The van der Waals surface area contributed by atoms with E-state index >= 15 is 0 Å². The molecule has 0 unspecified atom stereocenters. The van der Waals surface area contributed by atoms with E-state index in [0.29, 0.717) is 29.9 Å². The molecule has 1 aliphatic rings. The number of hydrogen-bond donors (Lipinski definition) is 2. The van der Waals surface area contributed by atoms with Gasteiger partial charge in [0.05, 0.1) is 10.5 Å². The van der Waals surface area contributed by atoms with Gasteiger partial charge in [0, 0.05) is 18.8 Å². The highest BCUT2D eigenvalue weighted by atomic mass is 32.2. The molecule has 172 valence electrons. The van der Waals surface area contributed by atoms with Crippen molar-refractivity contribution in [2.24, 2.45) is 0 Å². The van der Waals surface area contributed by atoms with Crippen LogP contribution in [0.5, 0.6) is 5.75 Å². The maximum Gasteiger partial charge on any atom is 0.338 e. The number of ether oxygens (including phenoxy) is 1.